The van der Waals surface area contributed by atoms with Crippen molar-refractivity contribution < 1.29 is 14.3 Å². The topological polar surface area (TPSA) is 55.4 Å². The Balaban J connectivity index is 2.11. The van der Waals surface area contributed by atoms with E-state index in [1.54, 1.807) is 30.3 Å². The Bertz CT molecular complexity index is 480. The van der Waals surface area contributed by atoms with Crippen LogP contribution >= 0.6 is 0 Å². The van der Waals surface area contributed by atoms with E-state index in [2.05, 4.69) is 10.1 Å². The van der Waals surface area contributed by atoms with Crippen LogP contribution in [0.3, 0.4) is 0 Å². The Morgan fingerprint density at radius 2 is 1.89 bits per heavy atom. The fourth-order valence-corrected chi connectivity index (χ4v) is 1.87. The third-order valence-electron chi connectivity index (χ3n) is 2.87. The number of esters is 1. The lowest BCUT2D eigenvalue weighted by Crippen LogP contribution is -2.07. The molecule has 1 fully saturated rings. The molecule has 0 unspecified atom stereocenters. The zero-order chi connectivity index (χ0) is 13.0. The molecule has 0 aromatic heterocycles. The van der Waals surface area contributed by atoms with Crippen molar-refractivity contribution in [3.63, 3.8) is 0 Å². The van der Waals surface area contributed by atoms with Crippen LogP contribution in [0.15, 0.2) is 36.0 Å². The number of allylic oxidation sites excluding steroid dienone is 2. The Hall–Kier alpha value is -2.10. The van der Waals surface area contributed by atoms with Crippen LogP contribution in [0.4, 0.5) is 0 Å². The van der Waals surface area contributed by atoms with Crippen molar-refractivity contribution in [3.8, 4) is 0 Å². The number of nitrogens with one attached hydrogen (secondary N) is 1. The Kier molecular flexibility index (Phi) is 3.77. The van der Waals surface area contributed by atoms with Gasteiger partial charge in [0.2, 0.25) is 0 Å². The zero-order valence-corrected chi connectivity index (χ0v) is 10.2. The van der Waals surface area contributed by atoms with Crippen LogP contribution in [0.25, 0.3) is 0 Å². The smallest absolute Gasteiger partial charge is 0.337 e. The summed E-state index contributed by atoms with van der Waals surface area (Å²) in [6.07, 6.45) is 3.62. The number of rotatable bonds is 3. The number of benzene rings is 1. The van der Waals surface area contributed by atoms with E-state index < -0.39 is 5.97 Å². The van der Waals surface area contributed by atoms with E-state index in [9.17, 15) is 9.59 Å². The average molecular weight is 245 g/mol. The van der Waals surface area contributed by atoms with E-state index in [1.165, 1.54) is 7.11 Å². The first-order chi connectivity index (χ1) is 8.70. The molecule has 94 valence electrons. The van der Waals surface area contributed by atoms with Gasteiger partial charge in [-0.2, -0.15) is 0 Å². The molecular formula is C14H15NO3. The third-order valence-corrected chi connectivity index (χ3v) is 2.87. The summed E-state index contributed by atoms with van der Waals surface area (Å²) in [7, 11) is 1.33. The standard InChI is InChI=1S/C14H15NO3/c1-18-14(17)11-6-4-10(5-7-11)13(16)9-12-3-2-8-15-12/h4-7,9,15H,2-3,8H2,1H3/b12-9-. The van der Waals surface area contributed by atoms with Gasteiger partial charge in [-0.1, -0.05) is 12.1 Å². The summed E-state index contributed by atoms with van der Waals surface area (Å²) in [5.41, 5.74) is 2.00. The molecule has 1 aliphatic heterocycles. The Labute approximate surface area is 106 Å². The molecule has 1 aliphatic rings. The van der Waals surface area contributed by atoms with E-state index in [1.807, 2.05) is 0 Å². The van der Waals surface area contributed by atoms with Crippen LogP contribution in [0.5, 0.6) is 0 Å². The second kappa shape index (κ2) is 5.49. The number of hydrogen-bond acceptors (Lipinski definition) is 4. The van der Waals surface area contributed by atoms with Gasteiger partial charge >= 0.3 is 5.97 Å². The molecule has 1 aromatic rings. The van der Waals surface area contributed by atoms with Crippen LogP contribution in [-0.2, 0) is 4.74 Å². The molecule has 4 nitrogen and oxygen atoms in total. The highest BCUT2D eigenvalue weighted by Gasteiger charge is 2.10. The molecule has 18 heavy (non-hydrogen) atoms. The van der Waals surface area contributed by atoms with Crippen molar-refractivity contribution in [1.82, 2.24) is 5.32 Å². The predicted octanol–water partition coefficient (Wildman–Crippen LogP) is 1.92. The highest BCUT2D eigenvalue weighted by molar-refractivity contribution is 6.05. The summed E-state index contributed by atoms with van der Waals surface area (Å²) in [4.78, 5) is 23.2. The minimum atomic E-state index is -0.398. The van der Waals surface area contributed by atoms with Crippen LogP contribution in [-0.4, -0.2) is 25.4 Å². The van der Waals surface area contributed by atoms with E-state index in [-0.39, 0.29) is 5.78 Å². The van der Waals surface area contributed by atoms with Crippen LogP contribution in [0.2, 0.25) is 0 Å². The van der Waals surface area contributed by atoms with E-state index in [4.69, 9.17) is 0 Å². The highest BCUT2D eigenvalue weighted by Crippen LogP contribution is 2.12. The number of ether oxygens (including phenoxy) is 1. The van der Waals surface area contributed by atoms with Gasteiger partial charge in [0.15, 0.2) is 5.78 Å². The summed E-state index contributed by atoms with van der Waals surface area (Å²) >= 11 is 0. The first-order valence-electron chi connectivity index (χ1n) is 5.88. The van der Waals surface area contributed by atoms with E-state index >= 15 is 0 Å². The summed E-state index contributed by atoms with van der Waals surface area (Å²) in [6.45, 7) is 0.931. The molecule has 0 saturated carbocycles. The Morgan fingerprint density at radius 1 is 1.22 bits per heavy atom. The normalized spacial score (nSPS) is 16.4. The molecule has 0 bridgehead atoms. The summed E-state index contributed by atoms with van der Waals surface area (Å²) in [6, 6.07) is 6.47. The second-order valence-corrected chi connectivity index (χ2v) is 4.13. The van der Waals surface area contributed by atoms with Crippen molar-refractivity contribution in [1.29, 1.82) is 0 Å². The summed E-state index contributed by atoms with van der Waals surface area (Å²) in [5.74, 6) is -0.444. The average Bonchev–Trinajstić information content (AvgIpc) is 2.91. The SMILES string of the molecule is COC(=O)c1ccc(C(=O)/C=C2/CCCN2)cc1. The van der Waals surface area contributed by atoms with Crippen molar-refractivity contribution in [2.75, 3.05) is 13.7 Å². The van der Waals surface area contributed by atoms with Gasteiger partial charge < -0.3 is 10.1 Å². The van der Waals surface area contributed by atoms with Crippen LogP contribution in [0.1, 0.15) is 33.6 Å². The number of hydrogen-bond donors (Lipinski definition) is 1. The first kappa shape index (κ1) is 12.4. The van der Waals surface area contributed by atoms with Gasteiger partial charge in [-0.3, -0.25) is 4.79 Å². The molecule has 1 saturated heterocycles. The van der Waals surface area contributed by atoms with E-state index in [0.29, 0.717) is 11.1 Å². The fraction of sp³-hybridized carbons (Fsp3) is 0.286. The minimum absolute atomic E-state index is 0.0455. The maximum atomic E-state index is 11.9. The molecule has 1 aromatic carbocycles. The van der Waals surface area contributed by atoms with Gasteiger partial charge in [0.25, 0.3) is 0 Å². The van der Waals surface area contributed by atoms with Gasteiger partial charge in [0, 0.05) is 23.9 Å². The molecule has 2 rings (SSSR count). The molecule has 0 spiro atoms. The third kappa shape index (κ3) is 2.77. The molecule has 4 heteroatoms. The minimum Gasteiger partial charge on any atom is -0.465 e. The van der Waals surface area contributed by atoms with Gasteiger partial charge in [-0.15, -0.1) is 0 Å². The quantitative estimate of drug-likeness (QED) is 0.502. The fourth-order valence-electron chi connectivity index (χ4n) is 1.87. The molecular weight excluding hydrogens is 230 g/mol. The lowest BCUT2D eigenvalue weighted by molar-refractivity contribution is 0.0600. The zero-order valence-electron chi connectivity index (χ0n) is 10.2. The number of ketones is 1. The largest absolute Gasteiger partial charge is 0.465 e. The lowest BCUT2D eigenvalue weighted by atomic mass is 10.1. The van der Waals surface area contributed by atoms with Gasteiger partial charge in [0.05, 0.1) is 12.7 Å². The molecule has 0 aliphatic carbocycles. The predicted molar refractivity (Wildman–Crippen MR) is 67.4 cm³/mol. The van der Waals surface area contributed by atoms with E-state index in [0.717, 1.165) is 25.1 Å². The van der Waals surface area contributed by atoms with Gasteiger partial charge in [0.1, 0.15) is 0 Å². The monoisotopic (exact) mass is 245 g/mol. The van der Waals surface area contributed by atoms with Gasteiger partial charge in [-0.05, 0) is 25.0 Å². The molecule has 1 heterocycles. The molecule has 0 atom stereocenters. The number of methoxy groups -OCH3 is 1. The maximum absolute atomic E-state index is 11.9. The first-order valence-corrected chi connectivity index (χ1v) is 5.88. The second-order valence-electron chi connectivity index (χ2n) is 4.13. The van der Waals surface area contributed by atoms with Crippen LogP contribution < -0.4 is 5.32 Å². The molecule has 1 N–H and O–H groups in total. The number of carbonyl (C=O) groups is 2. The van der Waals surface area contributed by atoms with Crippen molar-refractivity contribution in [3.05, 3.63) is 47.2 Å². The Morgan fingerprint density at radius 3 is 2.44 bits per heavy atom. The lowest BCUT2D eigenvalue weighted by Gasteiger charge is -2.01. The molecule has 0 radical (unpaired) electrons. The highest BCUT2D eigenvalue weighted by atomic mass is 16.5. The maximum Gasteiger partial charge on any atom is 0.337 e. The van der Waals surface area contributed by atoms with Crippen molar-refractivity contribution in [2.24, 2.45) is 0 Å². The van der Waals surface area contributed by atoms with Crippen molar-refractivity contribution in [2.45, 2.75) is 12.8 Å². The van der Waals surface area contributed by atoms with Crippen molar-refractivity contribution >= 4 is 11.8 Å². The van der Waals surface area contributed by atoms with Crippen LogP contribution in [0, 0.1) is 0 Å². The number of carbonyl (C=O) groups excluding carboxylic acids is 2. The molecule has 0 amide bonds. The van der Waals surface area contributed by atoms with Gasteiger partial charge in [-0.25, -0.2) is 4.79 Å². The summed E-state index contributed by atoms with van der Waals surface area (Å²) < 4.78 is 4.60. The summed E-state index contributed by atoms with van der Waals surface area (Å²) in [5, 5.41) is 3.16.